The zero-order valence-electron chi connectivity index (χ0n) is 18.4. The van der Waals surface area contributed by atoms with Gasteiger partial charge in [-0.05, 0) is 44.5 Å². The SMILES string of the molecule is CC.CNC(=O)C(CCC=O)c1nn(C)c2cc(N3CCC(NC)CC3)ccc12. The van der Waals surface area contributed by atoms with E-state index >= 15 is 0 Å². The zero-order chi connectivity index (χ0) is 21.4. The second-order valence-corrected chi connectivity index (χ2v) is 7.17. The molecule has 1 aromatic heterocycles. The van der Waals surface area contributed by atoms with Gasteiger partial charge in [0, 0.05) is 50.7 Å². The Hall–Kier alpha value is -2.41. The maximum atomic E-state index is 12.4. The lowest BCUT2D eigenvalue weighted by atomic mass is 9.95. The number of rotatable bonds is 7. The molecule has 3 rings (SSSR count). The lowest BCUT2D eigenvalue weighted by Gasteiger charge is -2.33. The van der Waals surface area contributed by atoms with E-state index in [1.807, 2.05) is 32.6 Å². The number of hydrogen-bond acceptors (Lipinski definition) is 5. The van der Waals surface area contributed by atoms with Crippen LogP contribution in [-0.4, -0.2) is 55.2 Å². The summed E-state index contributed by atoms with van der Waals surface area (Å²) in [6.07, 6.45) is 3.93. The minimum atomic E-state index is -0.416. The minimum absolute atomic E-state index is 0.102. The molecule has 1 aliphatic heterocycles. The lowest BCUT2D eigenvalue weighted by Crippen LogP contribution is -2.41. The third-order valence-corrected chi connectivity index (χ3v) is 5.60. The summed E-state index contributed by atoms with van der Waals surface area (Å²) < 4.78 is 1.84. The largest absolute Gasteiger partial charge is 0.371 e. The van der Waals surface area contributed by atoms with Crippen LogP contribution in [0.15, 0.2) is 18.2 Å². The number of aromatic nitrogens is 2. The van der Waals surface area contributed by atoms with Crippen LogP contribution in [0.1, 0.15) is 51.1 Å². The minimum Gasteiger partial charge on any atom is -0.371 e. The van der Waals surface area contributed by atoms with Crippen molar-refractivity contribution in [2.24, 2.45) is 7.05 Å². The summed E-state index contributed by atoms with van der Waals surface area (Å²) >= 11 is 0. The van der Waals surface area contributed by atoms with Crippen molar-refractivity contribution < 1.29 is 9.59 Å². The molecular weight excluding hydrogens is 366 g/mol. The summed E-state index contributed by atoms with van der Waals surface area (Å²) in [5.41, 5.74) is 2.95. The first kappa shape index (κ1) is 22.9. The number of carbonyl (C=O) groups is 2. The molecule has 0 spiro atoms. The number of aldehydes is 1. The van der Waals surface area contributed by atoms with Gasteiger partial charge in [-0.3, -0.25) is 9.48 Å². The lowest BCUT2D eigenvalue weighted by molar-refractivity contribution is -0.122. The normalized spacial score (nSPS) is 15.6. The van der Waals surface area contributed by atoms with E-state index in [4.69, 9.17) is 0 Å². The van der Waals surface area contributed by atoms with Crippen LogP contribution in [0.25, 0.3) is 10.9 Å². The number of benzene rings is 1. The Morgan fingerprint density at radius 2 is 1.97 bits per heavy atom. The fraction of sp³-hybridized carbons (Fsp3) is 0.591. The molecule has 7 heteroatoms. The summed E-state index contributed by atoms with van der Waals surface area (Å²) in [5, 5.41) is 11.7. The molecule has 0 radical (unpaired) electrons. The monoisotopic (exact) mass is 401 g/mol. The van der Waals surface area contributed by atoms with Gasteiger partial charge in [-0.1, -0.05) is 13.8 Å². The molecule has 2 aromatic rings. The molecule has 0 aliphatic carbocycles. The molecule has 1 amide bonds. The fourth-order valence-corrected chi connectivity index (χ4v) is 3.96. The van der Waals surface area contributed by atoms with Crippen LogP contribution in [0.4, 0.5) is 5.69 Å². The van der Waals surface area contributed by atoms with Gasteiger partial charge in [-0.25, -0.2) is 0 Å². The Morgan fingerprint density at radius 3 is 2.55 bits per heavy atom. The van der Waals surface area contributed by atoms with Crippen LogP contribution >= 0.6 is 0 Å². The summed E-state index contributed by atoms with van der Waals surface area (Å²) in [4.78, 5) is 25.6. The Morgan fingerprint density at radius 1 is 1.28 bits per heavy atom. The van der Waals surface area contributed by atoms with E-state index in [0.29, 0.717) is 18.9 Å². The van der Waals surface area contributed by atoms with E-state index in [0.717, 1.165) is 48.8 Å². The highest BCUT2D eigenvalue weighted by Crippen LogP contribution is 2.31. The second kappa shape index (κ2) is 11.0. The number of carbonyl (C=O) groups excluding carboxylic acids is 2. The smallest absolute Gasteiger partial charge is 0.228 e. The number of likely N-dealkylation sites (N-methyl/N-ethyl adjacent to an activating group) is 1. The topological polar surface area (TPSA) is 79.3 Å². The molecule has 1 fully saturated rings. The summed E-state index contributed by atoms with van der Waals surface area (Å²) in [6, 6.07) is 6.94. The third-order valence-electron chi connectivity index (χ3n) is 5.60. The number of hydrogen-bond donors (Lipinski definition) is 2. The van der Waals surface area contributed by atoms with Crippen LogP contribution in [0.3, 0.4) is 0 Å². The Kier molecular flexibility index (Phi) is 8.64. The van der Waals surface area contributed by atoms with E-state index in [1.165, 1.54) is 5.69 Å². The van der Waals surface area contributed by atoms with Crippen LogP contribution in [0.5, 0.6) is 0 Å². The molecule has 29 heavy (non-hydrogen) atoms. The van der Waals surface area contributed by atoms with Gasteiger partial charge in [-0.15, -0.1) is 0 Å². The molecule has 1 aromatic carbocycles. The van der Waals surface area contributed by atoms with Crippen LogP contribution in [0.2, 0.25) is 0 Å². The van der Waals surface area contributed by atoms with Gasteiger partial charge in [0.2, 0.25) is 5.91 Å². The average molecular weight is 402 g/mol. The number of aryl methyl sites for hydroxylation is 1. The van der Waals surface area contributed by atoms with Gasteiger partial charge in [0.1, 0.15) is 6.29 Å². The molecule has 7 nitrogen and oxygen atoms in total. The molecule has 1 saturated heterocycles. The van der Waals surface area contributed by atoms with E-state index in [1.54, 1.807) is 7.05 Å². The van der Waals surface area contributed by atoms with Gasteiger partial charge >= 0.3 is 0 Å². The summed E-state index contributed by atoms with van der Waals surface area (Å²) in [6.45, 7) is 6.06. The molecule has 1 atom stereocenters. The van der Waals surface area contributed by atoms with Crippen molar-refractivity contribution >= 4 is 28.8 Å². The highest BCUT2D eigenvalue weighted by Gasteiger charge is 2.26. The number of anilines is 1. The van der Waals surface area contributed by atoms with E-state index in [-0.39, 0.29) is 5.91 Å². The van der Waals surface area contributed by atoms with Crippen LogP contribution in [-0.2, 0) is 16.6 Å². The van der Waals surface area contributed by atoms with Crippen molar-refractivity contribution in [1.29, 1.82) is 0 Å². The molecular formula is C22H35N5O2. The van der Waals surface area contributed by atoms with Crippen molar-refractivity contribution in [1.82, 2.24) is 20.4 Å². The predicted molar refractivity (Wildman–Crippen MR) is 118 cm³/mol. The highest BCUT2D eigenvalue weighted by molar-refractivity contribution is 5.92. The maximum absolute atomic E-state index is 12.4. The van der Waals surface area contributed by atoms with E-state index in [2.05, 4.69) is 38.8 Å². The number of nitrogens with one attached hydrogen (secondary N) is 2. The first-order valence-electron chi connectivity index (χ1n) is 10.6. The van der Waals surface area contributed by atoms with Gasteiger partial charge < -0.3 is 20.3 Å². The molecule has 0 bridgehead atoms. The van der Waals surface area contributed by atoms with Crippen LogP contribution < -0.4 is 15.5 Å². The predicted octanol–water partition coefficient (Wildman–Crippen LogP) is 2.60. The van der Waals surface area contributed by atoms with Crippen LogP contribution in [0, 0.1) is 0 Å². The Bertz CT molecular complexity index is 809. The molecule has 1 unspecified atom stereocenters. The number of fused-ring (bicyclic) bond motifs is 1. The van der Waals surface area contributed by atoms with E-state index < -0.39 is 5.92 Å². The van der Waals surface area contributed by atoms with Gasteiger partial charge in [0.05, 0.1) is 17.1 Å². The average Bonchev–Trinajstić information content (AvgIpc) is 3.11. The van der Waals surface area contributed by atoms with Crippen molar-refractivity contribution in [3.8, 4) is 0 Å². The second-order valence-electron chi connectivity index (χ2n) is 7.17. The third kappa shape index (κ3) is 5.15. The molecule has 2 heterocycles. The van der Waals surface area contributed by atoms with Gasteiger partial charge in [0.25, 0.3) is 0 Å². The van der Waals surface area contributed by atoms with Gasteiger partial charge in [0.15, 0.2) is 0 Å². The summed E-state index contributed by atoms with van der Waals surface area (Å²) in [7, 11) is 5.55. The molecule has 1 aliphatic rings. The quantitative estimate of drug-likeness (QED) is 0.697. The standard InChI is InChI=1S/C20H29N5O2.C2H6/c1-21-14-8-10-25(11-9-14)15-6-7-16-18(13-15)24(3)23-19(16)17(5-4-12-26)20(27)22-2;1-2/h6-7,12-14,17,21H,4-5,8-11H2,1-3H3,(H,22,27);1-2H3. The van der Waals surface area contributed by atoms with Crippen molar-refractivity contribution in [3.63, 3.8) is 0 Å². The number of amides is 1. The molecule has 0 saturated carbocycles. The molecule has 2 N–H and O–H groups in total. The summed E-state index contributed by atoms with van der Waals surface area (Å²) in [5.74, 6) is -0.517. The zero-order valence-corrected chi connectivity index (χ0v) is 18.4. The van der Waals surface area contributed by atoms with Crippen molar-refractivity contribution in [3.05, 3.63) is 23.9 Å². The first-order valence-corrected chi connectivity index (χ1v) is 10.6. The fourth-order valence-electron chi connectivity index (χ4n) is 3.96. The van der Waals surface area contributed by atoms with E-state index in [9.17, 15) is 9.59 Å². The Balaban J connectivity index is 0.00000145. The highest BCUT2D eigenvalue weighted by atomic mass is 16.1. The van der Waals surface area contributed by atoms with Crippen molar-refractivity contribution in [2.45, 2.75) is 51.5 Å². The van der Waals surface area contributed by atoms with Gasteiger partial charge in [-0.2, -0.15) is 5.10 Å². The number of nitrogens with zero attached hydrogens (tertiary/aromatic N) is 3. The molecule has 160 valence electrons. The number of piperidine rings is 1. The van der Waals surface area contributed by atoms with Crippen molar-refractivity contribution in [2.75, 3.05) is 32.1 Å². The maximum Gasteiger partial charge on any atom is 0.228 e. The first-order chi connectivity index (χ1) is 14.1. The Labute approximate surface area is 173 Å².